The number of halogens is 2. The molecule has 0 radical (unpaired) electrons. The van der Waals surface area contributed by atoms with Crippen LogP contribution < -0.4 is 10.6 Å². The van der Waals surface area contributed by atoms with E-state index in [1.807, 2.05) is 0 Å². The van der Waals surface area contributed by atoms with Crippen molar-refractivity contribution in [2.75, 3.05) is 5.32 Å². The monoisotopic (exact) mass is 380 g/mol. The zero-order chi connectivity index (χ0) is 17.7. The molecule has 0 saturated carbocycles. The lowest BCUT2D eigenvalue weighted by atomic mass is 9.98. The van der Waals surface area contributed by atoms with Crippen LogP contribution in [0.3, 0.4) is 0 Å². The summed E-state index contributed by atoms with van der Waals surface area (Å²) in [5.74, 6) is 0.528. The number of nitrogens with one attached hydrogen (secondary N) is 2. The van der Waals surface area contributed by atoms with E-state index in [1.54, 1.807) is 18.2 Å². The Morgan fingerprint density at radius 1 is 1.04 bits per heavy atom. The molecule has 1 unspecified atom stereocenters. The van der Waals surface area contributed by atoms with Gasteiger partial charge in [-0.3, -0.25) is 0 Å². The van der Waals surface area contributed by atoms with Crippen molar-refractivity contribution >= 4 is 46.2 Å². The molecule has 2 aromatic carbocycles. The molecule has 0 bridgehead atoms. The van der Waals surface area contributed by atoms with E-state index in [-0.39, 0.29) is 6.04 Å². The Hall–Kier alpha value is -1.29. The summed E-state index contributed by atoms with van der Waals surface area (Å²) in [7, 11) is 0. The minimum Gasteiger partial charge on any atom is -0.356 e. The molecule has 0 fully saturated rings. The van der Waals surface area contributed by atoms with E-state index in [2.05, 4.69) is 55.7 Å². The van der Waals surface area contributed by atoms with Gasteiger partial charge >= 0.3 is 0 Å². The van der Waals surface area contributed by atoms with E-state index in [1.165, 1.54) is 11.1 Å². The topological polar surface area (TPSA) is 24.1 Å². The first-order valence-corrected chi connectivity index (χ1v) is 9.19. The maximum atomic E-state index is 6.17. The number of benzene rings is 2. The van der Waals surface area contributed by atoms with Crippen molar-refractivity contribution in [1.82, 2.24) is 5.32 Å². The molecule has 0 aromatic heterocycles. The summed E-state index contributed by atoms with van der Waals surface area (Å²) in [6.07, 6.45) is 0.923. The minimum absolute atomic E-state index is 0.143. The third kappa shape index (κ3) is 5.10. The van der Waals surface area contributed by atoms with Crippen LogP contribution in [-0.4, -0.2) is 5.11 Å². The molecule has 0 saturated heterocycles. The molecule has 0 spiro atoms. The highest BCUT2D eigenvalue weighted by Crippen LogP contribution is 2.26. The molecule has 2 aromatic rings. The summed E-state index contributed by atoms with van der Waals surface area (Å²) in [5, 5.41) is 8.18. The van der Waals surface area contributed by atoms with E-state index >= 15 is 0 Å². The van der Waals surface area contributed by atoms with Gasteiger partial charge in [0, 0.05) is 5.02 Å². The van der Waals surface area contributed by atoms with Crippen LogP contribution in [0.2, 0.25) is 10.0 Å². The van der Waals surface area contributed by atoms with E-state index in [4.69, 9.17) is 35.4 Å². The van der Waals surface area contributed by atoms with Crippen LogP contribution in [0.1, 0.15) is 50.3 Å². The highest BCUT2D eigenvalue weighted by Gasteiger charge is 2.12. The molecule has 0 amide bonds. The van der Waals surface area contributed by atoms with Crippen LogP contribution in [-0.2, 0) is 0 Å². The number of thiocarbonyl (C=S) groups is 1. The summed E-state index contributed by atoms with van der Waals surface area (Å²) in [4.78, 5) is 0. The number of rotatable bonds is 5. The Kier molecular flexibility index (Phi) is 6.90. The van der Waals surface area contributed by atoms with Crippen LogP contribution in [0, 0.1) is 0 Å². The number of hydrogen-bond acceptors (Lipinski definition) is 1. The van der Waals surface area contributed by atoms with Gasteiger partial charge in [-0.15, -0.1) is 0 Å². The van der Waals surface area contributed by atoms with Gasteiger partial charge in [-0.25, -0.2) is 0 Å². The fraction of sp³-hybridized carbons (Fsp3) is 0.316. The average Bonchev–Trinajstić information content (AvgIpc) is 2.56. The molecular formula is C19H22Cl2N2S. The van der Waals surface area contributed by atoms with Gasteiger partial charge in [0.05, 0.1) is 16.8 Å². The summed E-state index contributed by atoms with van der Waals surface area (Å²) in [6.45, 7) is 6.51. The molecule has 2 N–H and O–H groups in total. The first-order chi connectivity index (χ1) is 11.4. The maximum absolute atomic E-state index is 6.17. The molecule has 24 heavy (non-hydrogen) atoms. The fourth-order valence-electron chi connectivity index (χ4n) is 2.44. The second-order valence-electron chi connectivity index (χ2n) is 6.00. The first-order valence-electron chi connectivity index (χ1n) is 8.03. The Morgan fingerprint density at radius 2 is 1.67 bits per heavy atom. The van der Waals surface area contributed by atoms with Crippen LogP contribution in [0.4, 0.5) is 5.69 Å². The molecule has 2 nitrogen and oxygen atoms in total. The summed E-state index contributed by atoms with van der Waals surface area (Å²) < 4.78 is 0. The van der Waals surface area contributed by atoms with Gasteiger partial charge in [-0.05, 0) is 53.9 Å². The van der Waals surface area contributed by atoms with Crippen molar-refractivity contribution in [3.8, 4) is 0 Å². The molecule has 128 valence electrons. The van der Waals surface area contributed by atoms with Gasteiger partial charge in [0.15, 0.2) is 5.11 Å². The summed E-state index contributed by atoms with van der Waals surface area (Å²) in [5.41, 5.74) is 3.25. The summed E-state index contributed by atoms with van der Waals surface area (Å²) >= 11 is 17.6. The van der Waals surface area contributed by atoms with Crippen LogP contribution >= 0.6 is 35.4 Å². The molecule has 0 aliphatic heterocycles. The minimum atomic E-state index is 0.143. The second-order valence-corrected chi connectivity index (χ2v) is 7.26. The van der Waals surface area contributed by atoms with Crippen molar-refractivity contribution in [2.24, 2.45) is 0 Å². The molecular weight excluding hydrogens is 359 g/mol. The SMILES string of the molecule is CCC(NC(=S)Nc1cc(Cl)ccc1Cl)c1ccc(C(C)C)cc1. The predicted molar refractivity (Wildman–Crippen MR) is 109 cm³/mol. The second kappa shape index (κ2) is 8.70. The average molecular weight is 381 g/mol. The molecule has 0 aliphatic carbocycles. The quantitative estimate of drug-likeness (QED) is 0.574. The van der Waals surface area contributed by atoms with Gasteiger partial charge in [-0.2, -0.15) is 0 Å². The van der Waals surface area contributed by atoms with Crippen LogP contribution in [0.25, 0.3) is 0 Å². The smallest absolute Gasteiger partial charge is 0.171 e. The summed E-state index contributed by atoms with van der Waals surface area (Å²) in [6, 6.07) is 14.1. The van der Waals surface area contributed by atoms with E-state index in [9.17, 15) is 0 Å². The predicted octanol–water partition coefficient (Wildman–Crippen LogP) is 6.55. The zero-order valence-electron chi connectivity index (χ0n) is 14.1. The van der Waals surface area contributed by atoms with Gasteiger partial charge < -0.3 is 10.6 Å². The van der Waals surface area contributed by atoms with Crippen molar-refractivity contribution < 1.29 is 0 Å². The van der Waals surface area contributed by atoms with E-state index < -0.39 is 0 Å². The highest BCUT2D eigenvalue weighted by molar-refractivity contribution is 7.80. The molecule has 0 aliphatic rings. The fourth-order valence-corrected chi connectivity index (χ4v) is 3.03. The number of hydrogen-bond donors (Lipinski definition) is 2. The van der Waals surface area contributed by atoms with Gasteiger partial charge in [0.2, 0.25) is 0 Å². The van der Waals surface area contributed by atoms with Crippen LogP contribution in [0.15, 0.2) is 42.5 Å². The number of anilines is 1. The molecule has 1 atom stereocenters. The molecule has 5 heteroatoms. The third-order valence-corrected chi connectivity index (χ3v) is 4.68. The van der Waals surface area contributed by atoms with Crippen molar-refractivity contribution in [1.29, 1.82) is 0 Å². The lowest BCUT2D eigenvalue weighted by molar-refractivity contribution is 0.628. The Labute approximate surface area is 159 Å². The van der Waals surface area contributed by atoms with E-state index in [0.717, 1.165) is 6.42 Å². The lowest BCUT2D eigenvalue weighted by Crippen LogP contribution is -2.32. The first kappa shape index (κ1) is 19.0. The zero-order valence-corrected chi connectivity index (χ0v) is 16.4. The Balaban J connectivity index is 2.06. The largest absolute Gasteiger partial charge is 0.356 e. The van der Waals surface area contributed by atoms with Gasteiger partial charge in [0.1, 0.15) is 0 Å². The normalized spacial score (nSPS) is 12.1. The van der Waals surface area contributed by atoms with Crippen molar-refractivity contribution in [3.63, 3.8) is 0 Å². The molecule has 0 heterocycles. The molecule has 2 rings (SSSR count). The Morgan fingerprint density at radius 3 is 2.25 bits per heavy atom. The van der Waals surface area contributed by atoms with Crippen molar-refractivity contribution in [3.05, 3.63) is 63.6 Å². The standard InChI is InChI=1S/C19H22Cl2N2S/c1-4-17(14-7-5-13(6-8-14)12(2)3)22-19(24)23-18-11-15(20)9-10-16(18)21/h5-12,17H,4H2,1-3H3,(H2,22,23,24). The Bertz CT molecular complexity index is 699. The van der Waals surface area contributed by atoms with Gasteiger partial charge in [0.25, 0.3) is 0 Å². The van der Waals surface area contributed by atoms with Gasteiger partial charge in [-0.1, -0.05) is 68.2 Å². The van der Waals surface area contributed by atoms with E-state index in [0.29, 0.717) is 26.8 Å². The highest BCUT2D eigenvalue weighted by atomic mass is 35.5. The maximum Gasteiger partial charge on any atom is 0.171 e. The van der Waals surface area contributed by atoms with Crippen molar-refractivity contribution in [2.45, 2.75) is 39.2 Å². The third-order valence-electron chi connectivity index (χ3n) is 3.90. The lowest BCUT2D eigenvalue weighted by Gasteiger charge is -2.21. The van der Waals surface area contributed by atoms with Crippen LogP contribution in [0.5, 0.6) is 0 Å².